The lowest BCUT2D eigenvalue weighted by Crippen LogP contribution is -2.12. The van der Waals surface area contributed by atoms with Crippen molar-refractivity contribution in [1.82, 2.24) is 9.38 Å². The topological polar surface area (TPSA) is 71.4 Å². The Bertz CT molecular complexity index is 649. The van der Waals surface area contributed by atoms with E-state index in [1.165, 1.54) is 26.1 Å². The Labute approximate surface area is 90.7 Å². The van der Waals surface area contributed by atoms with Gasteiger partial charge in [-0.3, -0.25) is 14.4 Å². The van der Waals surface area contributed by atoms with Crippen LogP contribution in [0.25, 0.3) is 5.65 Å². The van der Waals surface area contributed by atoms with E-state index in [-0.39, 0.29) is 22.6 Å². The summed E-state index contributed by atoms with van der Waals surface area (Å²) in [5.74, 6) is -0.412. The third kappa shape index (κ3) is 1.56. The van der Waals surface area contributed by atoms with Gasteiger partial charge in [0.15, 0.2) is 17.0 Å². The zero-order valence-electron chi connectivity index (χ0n) is 8.90. The molecule has 0 amide bonds. The predicted octanol–water partition coefficient (Wildman–Crippen LogP) is 1.03. The number of Topliss-reactive ketones (excluding diaryl/α,β-unsaturated/α-hetero) is 2. The summed E-state index contributed by atoms with van der Waals surface area (Å²) < 4.78 is 1.56. The zero-order chi connectivity index (χ0) is 11.9. The maximum absolute atomic E-state index is 11.5. The molecule has 5 heteroatoms. The molecule has 2 aromatic heterocycles. The van der Waals surface area contributed by atoms with Crippen molar-refractivity contribution in [1.29, 1.82) is 0 Å². The second-order valence-corrected chi connectivity index (χ2v) is 3.62. The molecule has 16 heavy (non-hydrogen) atoms. The van der Waals surface area contributed by atoms with Crippen molar-refractivity contribution in [2.45, 2.75) is 13.8 Å². The van der Waals surface area contributed by atoms with Crippen LogP contribution in [0.15, 0.2) is 23.3 Å². The minimum Gasteiger partial charge on any atom is -0.337 e. The number of ketones is 2. The first-order chi connectivity index (χ1) is 7.49. The Balaban J connectivity index is 2.75. The summed E-state index contributed by atoms with van der Waals surface area (Å²) in [6, 6.07) is 1.31. The number of nitrogens with one attached hydrogen (secondary N) is 1. The second kappa shape index (κ2) is 3.44. The summed E-state index contributed by atoms with van der Waals surface area (Å²) in [5, 5.41) is 0. The molecule has 1 N–H and O–H groups in total. The second-order valence-electron chi connectivity index (χ2n) is 3.62. The van der Waals surface area contributed by atoms with Crippen LogP contribution in [-0.4, -0.2) is 21.0 Å². The monoisotopic (exact) mass is 218 g/mol. The van der Waals surface area contributed by atoms with E-state index in [0.717, 1.165) is 0 Å². The lowest BCUT2D eigenvalue weighted by Gasteiger charge is -1.95. The van der Waals surface area contributed by atoms with Gasteiger partial charge in [0.05, 0.1) is 11.3 Å². The molecule has 0 saturated heterocycles. The van der Waals surface area contributed by atoms with Crippen LogP contribution >= 0.6 is 0 Å². The van der Waals surface area contributed by atoms with Gasteiger partial charge in [0.25, 0.3) is 0 Å². The molecule has 0 aromatic carbocycles. The molecule has 0 unspecified atom stereocenters. The Morgan fingerprint density at radius 3 is 2.44 bits per heavy atom. The molecule has 0 aliphatic rings. The molecule has 0 aliphatic carbocycles. The molecule has 2 aromatic rings. The quantitative estimate of drug-likeness (QED) is 0.765. The van der Waals surface area contributed by atoms with Crippen LogP contribution in [0.5, 0.6) is 0 Å². The molecule has 2 rings (SSSR count). The number of nitrogens with zero attached hydrogens (tertiary/aromatic N) is 1. The number of hydrogen-bond acceptors (Lipinski definition) is 3. The minimum atomic E-state index is -0.343. The Morgan fingerprint density at radius 1 is 1.19 bits per heavy atom. The summed E-state index contributed by atoms with van der Waals surface area (Å²) in [7, 11) is 0. The molecule has 82 valence electrons. The summed E-state index contributed by atoms with van der Waals surface area (Å²) >= 11 is 0. The van der Waals surface area contributed by atoms with E-state index >= 15 is 0 Å². The van der Waals surface area contributed by atoms with Crippen molar-refractivity contribution in [2.75, 3.05) is 0 Å². The highest BCUT2D eigenvalue weighted by molar-refractivity contribution is 5.95. The standard InChI is InChI=1S/C11H10N2O3/c1-6(14)8-4-13-5-9(7(2)15)12-11(13)3-10(8)16/h3-5,12H,1-2H3. The third-order valence-corrected chi connectivity index (χ3v) is 2.37. The average Bonchev–Trinajstić information content (AvgIpc) is 2.58. The molecule has 0 fully saturated rings. The fraction of sp³-hybridized carbons (Fsp3) is 0.182. The first kappa shape index (κ1) is 10.4. The molecule has 0 atom stereocenters. The Morgan fingerprint density at radius 2 is 1.88 bits per heavy atom. The largest absolute Gasteiger partial charge is 0.337 e. The van der Waals surface area contributed by atoms with E-state index in [2.05, 4.69) is 4.98 Å². The van der Waals surface area contributed by atoms with Crippen molar-refractivity contribution in [3.8, 4) is 0 Å². The van der Waals surface area contributed by atoms with E-state index < -0.39 is 0 Å². The van der Waals surface area contributed by atoms with Crippen LogP contribution in [0.3, 0.4) is 0 Å². The van der Waals surface area contributed by atoms with E-state index in [1.807, 2.05) is 0 Å². The number of imidazole rings is 1. The SMILES string of the molecule is CC(=O)c1cn2cc(C(C)=O)c(=O)cc2[nH]1. The van der Waals surface area contributed by atoms with E-state index in [9.17, 15) is 14.4 Å². The Kier molecular flexibility index (Phi) is 2.23. The predicted molar refractivity (Wildman–Crippen MR) is 58.0 cm³/mol. The maximum Gasteiger partial charge on any atom is 0.194 e. The van der Waals surface area contributed by atoms with E-state index in [1.54, 1.807) is 10.6 Å². The first-order valence-corrected chi connectivity index (χ1v) is 4.76. The highest BCUT2D eigenvalue weighted by atomic mass is 16.1. The first-order valence-electron chi connectivity index (χ1n) is 4.76. The van der Waals surface area contributed by atoms with Gasteiger partial charge in [0, 0.05) is 25.4 Å². The number of aromatic amines is 1. The average molecular weight is 218 g/mol. The number of carbonyl (C=O) groups excluding carboxylic acids is 2. The smallest absolute Gasteiger partial charge is 0.194 e. The maximum atomic E-state index is 11.5. The fourth-order valence-electron chi connectivity index (χ4n) is 1.51. The van der Waals surface area contributed by atoms with Gasteiger partial charge < -0.3 is 9.38 Å². The van der Waals surface area contributed by atoms with Crippen molar-refractivity contribution in [3.63, 3.8) is 0 Å². The van der Waals surface area contributed by atoms with Crippen molar-refractivity contribution < 1.29 is 9.59 Å². The number of aromatic nitrogens is 2. The van der Waals surface area contributed by atoms with Crippen LogP contribution in [0, 0.1) is 0 Å². The van der Waals surface area contributed by atoms with Crippen LogP contribution in [0.4, 0.5) is 0 Å². The van der Waals surface area contributed by atoms with Gasteiger partial charge in [0.1, 0.15) is 5.65 Å². The van der Waals surface area contributed by atoms with E-state index in [0.29, 0.717) is 11.3 Å². The van der Waals surface area contributed by atoms with Gasteiger partial charge in [-0.15, -0.1) is 0 Å². The molecular weight excluding hydrogens is 208 g/mol. The third-order valence-electron chi connectivity index (χ3n) is 2.37. The molecule has 0 radical (unpaired) electrons. The molecule has 0 spiro atoms. The Hall–Kier alpha value is -2.17. The number of H-pyrrole nitrogens is 1. The lowest BCUT2D eigenvalue weighted by molar-refractivity contribution is 0.100. The van der Waals surface area contributed by atoms with Crippen LogP contribution in [0.1, 0.15) is 34.7 Å². The number of hydrogen-bond donors (Lipinski definition) is 1. The normalized spacial score (nSPS) is 10.6. The van der Waals surface area contributed by atoms with Gasteiger partial charge in [-0.1, -0.05) is 0 Å². The molecule has 5 nitrogen and oxygen atoms in total. The van der Waals surface area contributed by atoms with Gasteiger partial charge in [-0.05, 0) is 6.92 Å². The summed E-state index contributed by atoms with van der Waals surface area (Å²) in [4.78, 5) is 36.6. The van der Waals surface area contributed by atoms with Gasteiger partial charge >= 0.3 is 0 Å². The van der Waals surface area contributed by atoms with Gasteiger partial charge in [0.2, 0.25) is 0 Å². The molecule has 0 saturated carbocycles. The highest BCUT2D eigenvalue weighted by Gasteiger charge is 2.09. The molecule has 0 aliphatic heterocycles. The van der Waals surface area contributed by atoms with Crippen molar-refractivity contribution in [2.24, 2.45) is 0 Å². The number of fused-ring (bicyclic) bond motifs is 1. The minimum absolute atomic E-state index is 0.117. The van der Waals surface area contributed by atoms with Crippen LogP contribution in [0.2, 0.25) is 0 Å². The van der Waals surface area contributed by atoms with Crippen molar-refractivity contribution in [3.05, 3.63) is 39.9 Å². The van der Waals surface area contributed by atoms with E-state index in [4.69, 9.17) is 0 Å². The molecule has 2 heterocycles. The van der Waals surface area contributed by atoms with Gasteiger partial charge in [-0.2, -0.15) is 0 Å². The zero-order valence-corrected chi connectivity index (χ0v) is 8.90. The van der Waals surface area contributed by atoms with Crippen LogP contribution < -0.4 is 5.43 Å². The summed E-state index contributed by atoms with van der Waals surface area (Å²) in [5.41, 5.74) is 0.677. The fourth-order valence-corrected chi connectivity index (χ4v) is 1.51. The number of rotatable bonds is 2. The lowest BCUT2D eigenvalue weighted by atomic mass is 10.2. The van der Waals surface area contributed by atoms with Gasteiger partial charge in [-0.25, -0.2) is 0 Å². The molecular formula is C11H10N2O3. The summed E-state index contributed by atoms with van der Waals surface area (Å²) in [6.07, 6.45) is 2.99. The number of pyridine rings is 1. The highest BCUT2D eigenvalue weighted by Crippen LogP contribution is 2.05. The summed E-state index contributed by atoms with van der Waals surface area (Å²) in [6.45, 7) is 2.76. The van der Waals surface area contributed by atoms with Crippen molar-refractivity contribution >= 4 is 17.2 Å². The number of carbonyl (C=O) groups is 2. The molecule has 0 bridgehead atoms. The van der Waals surface area contributed by atoms with Crippen LogP contribution in [-0.2, 0) is 0 Å².